The summed E-state index contributed by atoms with van der Waals surface area (Å²) in [4.78, 5) is 11.1. The van der Waals surface area contributed by atoms with Crippen LogP contribution in [0, 0.1) is 6.92 Å². The van der Waals surface area contributed by atoms with Crippen LogP contribution in [0.3, 0.4) is 0 Å². The number of alkyl halides is 3. The smallest absolute Gasteiger partial charge is 0.370 e. The van der Waals surface area contributed by atoms with Gasteiger partial charge in [0.05, 0.1) is 18.7 Å². The van der Waals surface area contributed by atoms with Gasteiger partial charge in [-0.15, -0.1) is 0 Å². The normalized spacial score (nSPS) is 17.8. The summed E-state index contributed by atoms with van der Waals surface area (Å²) >= 11 is 0. The Morgan fingerprint density at radius 1 is 1.30 bits per heavy atom. The first-order chi connectivity index (χ1) is 14.4. The third kappa shape index (κ3) is 5.95. The molecule has 2 aromatic rings. The van der Waals surface area contributed by atoms with E-state index in [9.17, 15) is 13.2 Å². The minimum atomic E-state index is -4.37. The van der Waals surface area contributed by atoms with Crippen LogP contribution in [0.25, 0.3) is 0 Å². The second-order valence-corrected chi connectivity index (χ2v) is 7.22. The Bertz CT molecular complexity index is 852. The molecule has 1 aliphatic rings. The van der Waals surface area contributed by atoms with Crippen molar-refractivity contribution in [2.75, 3.05) is 32.8 Å². The number of aromatic nitrogens is 1. The molecule has 1 aliphatic heterocycles. The molecule has 1 atom stereocenters. The summed E-state index contributed by atoms with van der Waals surface area (Å²) in [5.74, 6) is 0.748. The van der Waals surface area contributed by atoms with Gasteiger partial charge in [-0.05, 0) is 49.6 Å². The van der Waals surface area contributed by atoms with Crippen LogP contribution in [0.15, 0.2) is 47.6 Å². The molecule has 1 aromatic carbocycles. The standard InChI is InChI=1S/C22H27F3N4O/c1-3-26-21(27-10-9-17-8-7-16(2)28-14-17)29-11-12-30-20(15-29)18-5-4-6-19(13-18)22(23,24)25/h4-8,13-14,20H,3,9-12,15H2,1-2H3,(H,26,27). The molecule has 1 unspecified atom stereocenters. The summed E-state index contributed by atoms with van der Waals surface area (Å²) in [5.41, 5.74) is 1.96. The van der Waals surface area contributed by atoms with Gasteiger partial charge in [0.25, 0.3) is 0 Å². The van der Waals surface area contributed by atoms with Crippen molar-refractivity contribution in [2.24, 2.45) is 4.99 Å². The highest BCUT2D eigenvalue weighted by Gasteiger charge is 2.32. The fourth-order valence-electron chi connectivity index (χ4n) is 3.32. The number of ether oxygens (including phenoxy) is 1. The van der Waals surface area contributed by atoms with E-state index in [-0.39, 0.29) is 0 Å². The highest BCUT2D eigenvalue weighted by molar-refractivity contribution is 5.80. The summed E-state index contributed by atoms with van der Waals surface area (Å²) in [6.07, 6.45) is -2.18. The van der Waals surface area contributed by atoms with Crippen LogP contribution in [0.1, 0.15) is 35.4 Å². The van der Waals surface area contributed by atoms with Gasteiger partial charge in [-0.25, -0.2) is 0 Å². The number of rotatable bonds is 5. The first-order valence-corrected chi connectivity index (χ1v) is 10.1. The number of aliphatic imine (C=N–C) groups is 1. The van der Waals surface area contributed by atoms with Crippen molar-refractivity contribution in [3.05, 3.63) is 65.0 Å². The molecule has 2 heterocycles. The zero-order valence-corrected chi connectivity index (χ0v) is 17.2. The van der Waals surface area contributed by atoms with Crippen LogP contribution in [0.2, 0.25) is 0 Å². The molecule has 30 heavy (non-hydrogen) atoms. The lowest BCUT2D eigenvalue weighted by Gasteiger charge is -2.35. The minimum absolute atomic E-state index is 0.424. The number of hydrogen-bond acceptors (Lipinski definition) is 3. The first-order valence-electron chi connectivity index (χ1n) is 10.1. The largest absolute Gasteiger partial charge is 0.416 e. The number of guanidine groups is 1. The lowest BCUT2D eigenvalue weighted by atomic mass is 10.0. The maximum atomic E-state index is 13.1. The van der Waals surface area contributed by atoms with Crippen molar-refractivity contribution in [3.63, 3.8) is 0 Å². The summed E-state index contributed by atoms with van der Waals surface area (Å²) < 4.78 is 44.9. The van der Waals surface area contributed by atoms with Gasteiger partial charge >= 0.3 is 6.18 Å². The predicted molar refractivity (Wildman–Crippen MR) is 110 cm³/mol. The summed E-state index contributed by atoms with van der Waals surface area (Å²) in [6.45, 7) is 6.74. The monoisotopic (exact) mass is 420 g/mol. The SMILES string of the molecule is CCNC(=NCCc1ccc(C)nc1)N1CCOC(c2cccc(C(F)(F)F)c2)C1. The van der Waals surface area contributed by atoms with E-state index >= 15 is 0 Å². The van der Waals surface area contributed by atoms with E-state index in [0.717, 1.165) is 29.7 Å². The van der Waals surface area contributed by atoms with E-state index < -0.39 is 17.8 Å². The molecule has 1 fully saturated rings. The molecule has 1 aromatic heterocycles. The quantitative estimate of drug-likeness (QED) is 0.587. The predicted octanol–water partition coefficient (Wildman–Crippen LogP) is 3.99. The average molecular weight is 420 g/mol. The number of pyridine rings is 1. The van der Waals surface area contributed by atoms with Crippen molar-refractivity contribution < 1.29 is 17.9 Å². The summed E-state index contributed by atoms with van der Waals surface area (Å²) in [6, 6.07) is 9.38. The Hall–Kier alpha value is -2.61. The molecule has 1 N–H and O–H groups in total. The Morgan fingerprint density at radius 3 is 2.83 bits per heavy atom. The molecular formula is C22H27F3N4O. The molecule has 3 rings (SSSR count). The lowest BCUT2D eigenvalue weighted by molar-refractivity contribution is -0.137. The van der Waals surface area contributed by atoms with Crippen molar-refractivity contribution in [1.82, 2.24) is 15.2 Å². The number of aryl methyl sites for hydroxylation is 1. The molecule has 1 saturated heterocycles. The number of morpholine rings is 1. The number of hydrogen-bond donors (Lipinski definition) is 1. The highest BCUT2D eigenvalue weighted by atomic mass is 19.4. The molecule has 8 heteroatoms. The van der Waals surface area contributed by atoms with Gasteiger partial charge in [-0.3, -0.25) is 9.98 Å². The zero-order valence-electron chi connectivity index (χ0n) is 17.2. The molecule has 0 amide bonds. The topological polar surface area (TPSA) is 49.8 Å². The number of benzene rings is 1. The number of halogens is 3. The van der Waals surface area contributed by atoms with Crippen molar-refractivity contribution in [1.29, 1.82) is 0 Å². The molecular weight excluding hydrogens is 393 g/mol. The van der Waals surface area contributed by atoms with E-state index in [4.69, 9.17) is 9.73 Å². The molecule has 0 radical (unpaired) electrons. The third-order valence-electron chi connectivity index (χ3n) is 4.92. The van der Waals surface area contributed by atoms with Gasteiger partial charge in [0, 0.05) is 31.5 Å². The van der Waals surface area contributed by atoms with Crippen LogP contribution < -0.4 is 5.32 Å². The van der Waals surface area contributed by atoms with E-state index in [0.29, 0.717) is 38.3 Å². The fraction of sp³-hybridized carbons (Fsp3) is 0.455. The van der Waals surface area contributed by atoms with Crippen molar-refractivity contribution in [2.45, 2.75) is 32.5 Å². The molecule has 0 saturated carbocycles. The first kappa shape index (κ1) is 22.1. The minimum Gasteiger partial charge on any atom is -0.370 e. The summed E-state index contributed by atoms with van der Waals surface area (Å²) in [5, 5.41) is 3.28. The van der Waals surface area contributed by atoms with E-state index in [1.54, 1.807) is 6.07 Å². The second-order valence-electron chi connectivity index (χ2n) is 7.22. The highest BCUT2D eigenvalue weighted by Crippen LogP contribution is 2.32. The molecule has 0 spiro atoms. The Labute approximate surface area is 175 Å². The molecule has 0 bridgehead atoms. The van der Waals surface area contributed by atoms with Gasteiger partial charge in [-0.2, -0.15) is 13.2 Å². The second kappa shape index (κ2) is 9.93. The van der Waals surface area contributed by atoms with Gasteiger partial charge in [0.15, 0.2) is 5.96 Å². The van der Waals surface area contributed by atoms with Gasteiger partial charge in [0.2, 0.25) is 0 Å². The van der Waals surface area contributed by atoms with E-state index in [2.05, 4.69) is 10.3 Å². The maximum Gasteiger partial charge on any atom is 0.416 e. The maximum absolute atomic E-state index is 13.1. The van der Waals surface area contributed by atoms with Gasteiger partial charge < -0.3 is 15.0 Å². The third-order valence-corrected chi connectivity index (χ3v) is 4.92. The Morgan fingerprint density at radius 2 is 2.13 bits per heavy atom. The van der Waals surface area contributed by atoms with Crippen LogP contribution >= 0.6 is 0 Å². The molecule has 0 aliphatic carbocycles. The average Bonchev–Trinajstić information content (AvgIpc) is 2.74. The van der Waals surface area contributed by atoms with Crippen molar-refractivity contribution >= 4 is 5.96 Å². The van der Waals surface area contributed by atoms with Gasteiger partial charge in [0.1, 0.15) is 6.10 Å². The van der Waals surface area contributed by atoms with E-state index in [1.165, 1.54) is 12.1 Å². The lowest BCUT2D eigenvalue weighted by Crippen LogP contribution is -2.48. The fourth-order valence-corrected chi connectivity index (χ4v) is 3.32. The van der Waals surface area contributed by atoms with Crippen LogP contribution in [0.5, 0.6) is 0 Å². The summed E-state index contributed by atoms with van der Waals surface area (Å²) in [7, 11) is 0. The Balaban J connectivity index is 1.68. The van der Waals surface area contributed by atoms with Crippen LogP contribution in [-0.4, -0.2) is 48.6 Å². The van der Waals surface area contributed by atoms with E-state index in [1.807, 2.05) is 37.1 Å². The van der Waals surface area contributed by atoms with Crippen molar-refractivity contribution in [3.8, 4) is 0 Å². The number of nitrogens with zero attached hydrogens (tertiary/aromatic N) is 3. The Kier molecular flexibility index (Phi) is 7.31. The number of nitrogens with one attached hydrogen (secondary N) is 1. The van der Waals surface area contributed by atoms with Gasteiger partial charge in [-0.1, -0.05) is 18.2 Å². The van der Waals surface area contributed by atoms with Crippen LogP contribution in [-0.2, 0) is 17.3 Å². The zero-order chi connectivity index (χ0) is 21.6. The molecule has 162 valence electrons. The van der Waals surface area contributed by atoms with Crippen LogP contribution in [0.4, 0.5) is 13.2 Å². The molecule has 5 nitrogen and oxygen atoms in total.